The number of fused-ring (bicyclic) bond motifs is 2. The third-order valence-corrected chi connectivity index (χ3v) is 4.14. The van der Waals surface area contributed by atoms with Crippen molar-refractivity contribution in [2.75, 3.05) is 0 Å². The summed E-state index contributed by atoms with van der Waals surface area (Å²) in [5, 5.41) is 0. The highest BCUT2D eigenvalue weighted by Gasteiger charge is 2.33. The van der Waals surface area contributed by atoms with Crippen molar-refractivity contribution in [3.05, 3.63) is 64.7 Å². The van der Waals surface area contributed by atoms with E-state index in [1.807, 2.05) is 0 Å². The van der Waals surface area contributed by atoms with E-state index in [0.717, 1.165) is 6.07 Å². The van der Waals surface area contributed by atoms with Crippen molar-refractivity contribution < 1.29 is 32.1 Å². The van der Waals surface area contributed by atoms with Gasteiger partial charge in [0, 0.05) is 16.7 Å². The van der Waals surface area contributed by atoms with Crippen molar-refractivity contribution >= 4 is 34.3 Å². The monoisotopic (exact) mass is 346 g/mol. The van der Waals surface area contributed by atoms with Gasteiger partial charge >= 0.3 is 0 Å². The van der Waals surface area contributed by atoms with E-state index < -0.39 is 26.6 Å². The molecule has 0 bridgehead atoms. The molecule has 1 N–H and O–H groups in total. The van der Waals surface area contributed by atoms with E-state index in [-0.39, 0.29) is 34.8 Å². The number of carbonyl (C=O) groups excluding carboxylic acids is 4. The molecule has 7 nitrogen and oxygen atoms in total. The van der Waals surface area contributed by atoms with Gasteiger partial charge in [-0.15, -0.1) is 0 Å². The smallest absolute Gasteiger partial charge is 0.295 e. The van der Waals surface area contributed by atoms with E-state index in [1.54, 1.807) is 12.1 Å². The van der Waals surface area contributed by atoms with Gasteiger partial charge in [-0.2, -0.15) is 8.42 Å². The average molecular weight is 346 g/mol. The number of benzene rings is 2. The van der Waals surface area contributed by atoms with Gasteiger partial charge in [0.1, 0.15) is 4.90 Å². The maximum Gasteiger partial charge on any atom is 0.295 e. The number of hydrogen-bond donors (Lipinski definition) is 1. The van der Waals surface area contributed by atoms with E-state index >= 15 is 0 Å². The van der Waals surface area contributed by atoms with Crippen LogP contribution in [0.2, 0.25) is 0 Å². The molecule has 2 aromatic carbocycles. The summed E-state index contributed by atoms with van der Waals surface area (Å²) in [6.45, 7) is 0. The first kappa shape index (κ1) is 17.4. The number of aldehydes is 2. The van der Waals surface area contributed by atoms with Gasteiger partial charge in [-0.1, -0.05) is 36.4 Å². The average Bonchev–Trinajstić information content (AvgIpc) is 2.58. The van der Waals surface area contributed by atoms with Crippen LogP contribution in [0.4, 0.5) is 0 Å². The first-order valence-corrected chi connectivity index (χ1v) is 7.94. The van der Waals surface area contributed by atoms with Crippen LogP contribution in [0.5, 0.6) is 0 Å². The summed E-state index contributed by atoms with van der Waals surface area (Å²) < 4.78 is 31.9. The molecule has 1 aliphatic carbocycles. The van der Waals surface area contributed by atoms with Crippen LogP contribution in [0.15, 0.2) is 47.4 Å². The third-order valence-electron chi connectivity index (χ3n) is 3.25. The Kier molecular flexibility index (Phi) is 4.82. The normalized spacial score (nSPS) is 12.4. The SMILES string of the molecule is O=C1c2ccccc2C(=O)c2c1cccc2S(=O)(=O)O.O=CC=O. The standard InChI is InChI=1S/C14H8O5S.C2H2O2/c15-13-8-4-1-2-5-9(8)14(16)12-10(13)6-3-7-11(12)20(17,18)19;3-1-2-4/h1-7H,(H,17,18,19);1-2H. The molecule has 3 rings (SSSR count). The lowest BCUT2D eigenvalue weighted by Gasteiger charge is -2.18. The molecule has 0 radical (unpaired) electrons. The van der Waals surface area contributed by atoms with Crippen LogP contribution >= 0.6 is 0 Å². The zero-order chi connectivity index (χ0) is 17.9. The molecular weight excluding hydrogens is 336 g/mol. The molecule has 122 valence electrons. The second kappa shape index (κ2) is 6.65. The Balaban J connectivity index is 0.000000471. The van der Waals surface area contributed by atoms with Crippen LogP contribution in [0.3, 0.4) is 0 Å². The zero-order valence-electron chi connectivity index (χ0n) is 12.0. The molecule has 0 saturated carbocycles. The maximum absolute atomic E-state index is 12.4. The first-order valence-electron chi connectivity index (χ1n) is 6.50. The van der Waals surface area contributed by atoms with Crippen molar-refractivity contribution in [3.63, 3.8) is 0 Å². The number of hydrogen-bond acceptors (Lipinski definition) is 6. The molecule has 0 amide bonds. The van der Waals surface area contributed by atoms with Crippen LogP contribution in [-0.4, -0.2) is 37.1 Å². The second-order valence-corrected chi connectivity index (χ2v) is 6.02. The molecule has 0 spiro atoms. The zero-order valence-corrected chi connectivity index (χ0v) is 12.8. The van der Waals surface area contributed by atoms with Gasteiger partial charge in [0.2, 0.25) is 0 Å². The second-order valence-electron chi connectivity index (χ2n) is 4.63. The lowest BCUT2D eigenvalue weighted by Crippen LogP contribution is -2.23. The summed E-state index contributed by atoms with van der Waals surface area (Å²) in [6.07, 6.45) is 0.389. The van der Waals surface area contributed by atoms with Crippen LogP contribution in [0, 0.1) is 0 Å². The topological polar surface area (TPSA) is 123 Å². The highest BCUT2D eigenvalue weighted by Crippen LogP contribution is 2.31. The molecule has 0 fully saturated rings. The molecule has 1 aliphatic rings. The Labute approximate surface area is 136 Å². The van der Waals surface area contributed by atoms with Crippen LogP contribution in [0.1, 0.15) is 31.8 Å². The lowest BCUT2D eigenvalue weighted by atomic mass is 9.84. The van der Waals surface area contributed by atoms with Crippen LogP contribution in [-0.2, 0) is 19.7 Å². The molecule has 24 heavy (non-hydrogen) atoms. The van der Waals surface area contributed by atoms with Gasteiger partial charge < -0.3 is 0 Å². The summed E-state index contributed by atoms with van der Waals surface area (Å²) in [5.74, 6) is -1.01. The van der Waals surface area contributed by atoms with E-state index in [9.17, 15) is 22.6 Å². The summed E-state index contributed by atoms with van der Waals surface area (Å²) in [6, 6.07) is 9.99. The van der Waals surface area contributed by atoms with Gasteiger partial charge in [-0.3, -0.25) is 23.7 Å². The predicted molar refractivity (Wildman–Crippen MR) is 81.7 cm³/mol. The van der Waals surface area contributed by atoms with Gasteiger partial charge in [0.15, 0.2) is 24.1 Å². The largest absolute Gasteiger partial charge is 0.295 e. The molecule has 0 heterocycles. The Morgan fingerprint density at radius 3 is 1.75 bits per heavy atom. The highest BCUT2D eigenvalue weighted by molar-refractivity contribution is 7.86. The van der Waals surface area contributed by atoms with Gasteiger partial charge in [0.25, 0.3) is 10.1 Å². The van der Waals surface area contributed by atoms with Crippen molar-refractivity contribution in [1.82, 2.24) is 0 Å². The molecule has 8 heteroatoms. The van der Waals surface area contributed by atoms with Crippen molar-refractivity contribution in [3.8, 4) is 0 Å². The van der Waals surface area contributed by atoms with Gasteiger partial charge in [-0.25, -0.2) is 0 Å². The summed E-state index contributed by atoms with van der Waals surface area (Å²) >= 11 is 0. The Bertz CT molecular complexity index is 952. The van der Waals surface area contributed by atoms with E-state index in [4.69, 9.17) is 9.59 Å². The van der Waals surface area contributed by atoms with Crippen molar-refractivity contribution in [2.45, 2.75) is 4.90 Å². The lowest BCUT2D eigenvalue weighted by molar-refractivity contribution is -0.122. The predicted octanol–water partition coefficient (Wildman–Crippen LogP) is 1.09. The molecule has 2 aromatic rings. The van der Waals surface area contributed by atoms with Crippen LogP contribution < -0.4 is 0 Å². The minimum atomic E-state index is -4.58. The van der Waals surface area contributed by atoms with E-state index in [1.165, 1.54) is 24.3 Å². The minimum Gasteiger partial charge on any atom is -0.295 e. The highest BCUT2D eigenvalue weighted by atomic mass is 32.2. The van der Waals surface area contributed by atoms with Crippen molar-refractivity contribution in [2.24, 2.45) is 0 Å². The molecule has 0 unspecified atom stereocenters. The Hall–Kier alpha value is -2.97. The van der Waals surface area contributed by atoms with Gasteiger partial charge in [0.05, 0.1) is 5.56 Å². The number of carbonyl (C=O) groups is 4. The van der Waals surface area contributed by atoms with Crippen molar-refractivity contribution in [1.29, 1.82) is 0 Å². The summed E-state index contributed by atoms with van der Waals surface area (Å²) in [5.41, 5.74) is 0.0983. The molecule has 0 aromatic heterocycles. The van der Waals surface area contributed by atoms with E-state index in [0.29, 0.717) is 0 Å². The molecule has 0 atom stereocenters. The Morgan fingerprint density at radius 2 is 1.25 bits per heavy atom. The fraction of sp³-hybridized carbons (Fsp3) is 0. The van der Waals surface area contributed by atoms with Crippen LogP contribution in [0.25, 0.3) is 0 Å². The summed E-state index contributed by atoms with van der Waals surface area (Å²) in [4.78, 5) is 41.8. The fourth-order valence-electron chi connectivity index (χ4n) is 2.33. The minimum absolute atomic E-state index is 0.0103. The molecule has 0 saturated heterocycles. The van der Waals surface area contributed by atoms with E-state index in [2.05, 4.69) is 0 Å². The Morgan fingerprint density at radius 1 is 0.750 bits per heavy atom. The first-order chi connectivity index (χ1) is 11.3. The fourth-order valence-corrected chi connectivity index (χ4v) is 3.04. The third kappa shape index (κ3) is 3.05. The molecule has 0 aliphatic heterocycles. The van der Waals surface area contributed by atoms with Gasteiger partial charge in [-0.05, 0) is 6.07 Å². The maximum atomic E-state index is 12.4. The molecular formula is C16H10O7S. The summed E-state index contributed by atoms with van der Waals surface area (Å²) in [7, 11) is -4.58. The quantitative estimate of drug-likeness (QED) is 0.418. The number of rotatable bonds is 2. The number of ketones is 2.